The number of rotatable bonds is 6. The third kappa shape index (κ3) is 4.76. The van der Waals surface area contributed by atoms with Gasteiger partial charge in [0.15, 0.2) is 5.82 Å². The number of aromatic nitrogens is 3. The molecule has 0 unspecified atom stereocenters. The fourth-order valence-corrected chi connectivity index (χ4v) is 2.72. The molecular formula is C19H20BrN5. The van der Waals surface area contributed by atoms with Gasteiger partial charge in [-0.25, -0.2) is 0 Å². The van der Waals surface area contributed by atoms with Gasteiger partial charge in [-0.05, 0) is 43.7 Å². The Hall–Kier alpha value is -2.47. The van der Waals surface area contributed by atoms with Gasteiger partial charge in [-0.15, -0.1) is 5.10 Å². The van der Waals surface area contributed by atoms with Crippen LogP contribution in [0.25, 0.3) is 0 Å². The van der Waals surface area contributed by atoms with Crippen molar-refractivity contribution in [2.75, 3.05) is 10.2 Å². The fraction of sp³-hybridized carbons (Fsp3) is 0.211. The molecule has 1 N–H and O–H groups in total. The summed E-state index contributed by atoms with van der Waals surface area (Å²) in [7, 11) is 0. The highest BCUT2D eigenvalue weighted by Crippen LogP contribution is 2.20. The van der Waals surface area contributed by atoms with Crippen molar-refractivity contribution >= 4 is 33.4 Å². The van der Waals surface area contributed by atoms with Gasteiger partial charge in [0.25, 0.3) is 0 Å². The van der Waals surface area contributed by atoms with Gasteiger partial charge in [0.05, 0.1) is 6.20 Å². The van der Waals surface area contributed by atoms with Crippen LogP contribution in [0.1, 0.15) is 19.4 Å². The average Bonchev–Trinajstić information content (AvgIpc) is 2.62. The van der Waals surface area contributed by atoms with Crippen LogP contribution in [0, 0.1) is 0 Å². The van der Waals surface area contributed by atoms with Gasteiger partial charge in [0.2, 0.25) is 5.95 Å². The maximum atomic E-state index is 4.64. The third-order valence-electron chi connectivity index (χ3n) is 3.76. The van der Waals surface area contributed by atoms with Gasteiger partial charge in [-0.3, -0.25) is 0 Å². The zero-order valence-corrected chi connectivity index (χ0v) is 15.8. The van der Waals surface area contributed by atoms with Crippen molar-refractivity contribution in [1.29, 1.82) is 0 Å². The maximum Gasteiger partial charge on any atom is 0.249 e. The Morgan fingerprint density at radius 1 is 1.04 bits per heavy atom. The van der Waals surface area contributed by atoms with Crippen LogP contribution >= 0.6 is 15.9 Å². The van der Waals surface area contributed by atoms with E-state index >= 15 is 0 Å². The second-order valence-corrected chi connectivity index (χ2v) is 6.89. The number of benzene rings is 2. The monoisotopic (exact) mass is 397 g/mol. The molecule has 2 aromatic carbocycles. The van der Waals surface area contributed by atoms with Crippen molar-refractivity contribution in [2.45, 2.75) is 26.4 Å². The SMILES string of the molecule is CC(C)N(Cc1ccccc1)c1cnnc(Nc2ccc(Br)cc2)n1. The van der Waals surface area contributed by atoms with E-state index in [4.69, 9.17) is 0 Å². The Balaban J connectivity index is 1.81. The molecular weight excluding hydrogens is 378 g/mol. The molecule has 0 spiro atoms. The Labute approximate surface area is 156 Å². The Kier molecular flexibility index (Phi) is 5.60. The molecule has 0 saturated carbocycles. The van der Waals surface area contributed by atoms with Gasteiger partial charge in [0.1, 0.15) is 0 Å². The number of halogens is 1. The lowest BCUT2D eigenvalue weighted by Crippen LogP contribution is -2.31. The van der Waals surface area contributed by atoms with Crippen LogP contribution in [-0.4, -0.2) is 21.2 Å². The zero-order chi connectivity index (χ0) is 17.6. The number of nitrogens with one attached hydrogen (secondary N) is 1. The molecule has 1 heterocycles. The molecule has 0 saturated heterocycles. The number of hydrogen-bond acceptors (Lipinski definition) is 5. The first kappa shape index (κ1) is 17.4. The van der Waals surface area contributed by atoms with Crippen molar-refractivity contribution in [1.82, 2.24) is 15.2 Å². The number of hydrogen-bond donors (Lipinski definition) is 1. The fourth-order valence-electron chi connectivity index (χ4n) is 2.46. The molecule has 5 nitrogen and oxygen atoms in total. The summed E-state index contributed by atoms with van der Waals surface area (Å²) in [6.45, 7) is 5.06. The molecule has 3 aromatic rings. The zero-order valence-electron chi connectivity index (χ0n) is 14.2. The quantitative estimate of drug-likeness (QED) is 0.647. The highest BCUT2D eigenvalue weighted by molar-refractivity contribution is 9.10. The first-order valence-electron chi connectivity index (χ1n) is 8.15. The van der Waals surface area contributed by atoms with E-state index < -0.39 is 0 Å². The summed E-state index contributed by atoms with van der Waals surface area (Å²) in [4.78, 5) is 6.84. The maximum absolute atomic E-state index is 4.64. The van der Waals surface area contributed by atoms with E-state index in [1.807, 2.05) is 42.5 Å². The topological polar surface area (TPSA) is 53.9 Å². The van der Waals surface area contributed by atoms with Crippen molar-refractivity contribution in [3.63, 3.8) is 0 Å². The molecule has 0 radical (unpaired) electrons. The highest BCUT2D eigenvalue weighted by atomic mass is 79.9. The van der Waals surface area contributed by atoms with Crippen LogP contribution in [0.3, 0.4) is 0 Å². The van der Waals surface area contributed by atoms with E-state index in [-0.39, 0.29) is 6.04 Å². The summed E-state index contributed by atoms with van der Waals surface area (Å²) < 4.78 is 1.03. The van der Waals surface area contributed by atoms with Gasteiger partial charge in [-0.1, -0.05) is 46.3 Å². The lowest BCUT2D eigenvalue weighted by molar-refractivity contribution is 0.668. The minimum atomic E-state index is 0.289. The summed E-state index contributed by atoms with van der Waals surface area (Å²) in [5.74, 6) is 1.28. The van der Waals surface area contributed by atoms with Crippen LogP contribution in [0.5, 0.6) is 0 Å². The first-order chi connectivity index (χ1) is 12.1. The van der Waals surface area contributed by atoms with Crippen molar-refractivity contribution in [3.8, 4) is 0 Å². The second-order valence-electron chi connectivity index (χ2n) is 5.98. The van der Waals surface area contributed by atoms with Crippen molar-refractivity contribution < 1.29 is 0 Å². The van der Waals surface area contributed by atoms with Crippen molar-refractivity contribution in [2.24, 2.45) is 0 Å². The lowest BCUT2D eigenvalue weighted by atomic mass is 10.2. The molecule has 1 aromatic heterocycles. The minimum Gasteiger partial charge on any atom is -0.348 e. The number of anilines is 3. The minimum absolute atomic E-state index is 0.289. The van der Waals surface area contributed by atoms with E-state index in [2.05, 4.69) is 67.3 Å². The Morgan fingerprint density at radius 2 is 1.76 bits per heavy atom. The molecule has 0 amide bonds. The summed E-state index contributed by atoms with van der Waals surface area (Å²) >= 11 is 3.43. The van der Waals surface area contributed by atoms with E-state index in [1.54, 1.807) is 6.20 Å². The molecule has 128 valence electrons. The average molecular weight is 398 g/mol. The van der Waals surface area contributed by atoms with Crippen molar-refractivity contribution in [3.05, 3.63) is 70.8 Å². The van der Waals surface area contributed by atoms with Crippen LogP contribution in [0.2, 0.25) is 0 Å². The largest absolute Gasteiger partial charge is 0.348 e. The van der Waals surface area contributed by atoms with Crippen LogP contribution < -0.4 is 10.2 Å². The molecule has 6 heteroatoms. The number of nitrogens with zero attached hydrogens (tertiary/aromatic N) is 4. The summed E-state index contributed by atoms with van der Waals surface area (Å²) in [5, 5.41) is 11.4. The van der Waals surface area contributed by atoms with Gasteiger partial charge < -0.3 is 10.2 Å². The normalized spacial score (nSPS) is 10.7. The van der Waals surface area contributed by atoms with E-state index in [0.717, 1.165) is 22.5 Å². The summed E-state index contributed by atoms with van der Waals surface area (Å²) in [6, 6.07) is 18.5. The van der Waals surface area contributed by atoms with E-state index in [9.17, 15) is 0 Å². The Morgan fingerprint density at radius 3 is 2.44 bits per heavy atom. The molecule has 0 aliphatic heterocycles. The van der Waals surface area contributed by atoms with Gasteiger partial charge >= 0.3 is 0 Å². The molecule has 25 heavy (non-hydrogen) atoms. The first-order valence-corrected chi connectivity index (χ1v) is 8.94. The summed E-state index contributed by atoms with van der Waals surface area (Å²) in [5.41, 5.74) is 2.15. The summed E-state index contributed by atoms with van der Waals surface area (Å²) in [6.07, 6.45) is 1.70. The standard InChI is InChI=1S/C19H20BrN5/c1-14(2)25(13-15-6-4-3-5-7-15)18-12-21-24-19(23-18)22-17-10-8-16(20)9-11-17/h3-12,14H,13H2,1-2H3,(H,22,23,24). The van der Waals surface area contributed by atoms with Crippen LogP contribution in [-0.2, 0) is 6.54 Å². The lowest BCUT2D eigenvalue weighted by Gasteiger charge is -2.27. The van der Waals surface area contributed by atoms with Crippen LogP contribution in [0.15, 0.2) is 65.3 Å². The third-order valence-corrected chi connectivity index (χ3v) is 4.29. The molecule has 0 aliphatic carbocycles. The molecule has 0 fully saturated rings. The molecule has 0 atom stereocenters. The van der Waals surface area contributed by atoms with Crippen LogP contribution in [0.4, 0.5) is 17.5 Å². The van der Waals surface area contributed by atoms with Gasteiger partial charge in [0, 0.05) is 22.7 Å². The molecule has 0 bridgehead atoms. The molecule has 0 aliphatic rings. The predicted molar refractivity (Wildman–Crippen MR) is 105 cm³/mol. The van der Waals surface area contributed by atoms with Gasteiger partial charge in [-0.2, -0.15) is 10.1 Å². The molecule has 3 rings (SSSR count). The van der Waals surface area contributed by atoms with E-state index in [1.165, 1.54) is 5.56 Å². The second kappa shape index (κ2) is 8.07. The van der Waals surface area contributed by atoms with E-state index in [0.29, 0.717) is 5.95 Å². The smallest absolute Gasteiger partial charge is 0.249 e. The Bertz CT molecular complexity index is 806. The predicted octanol–water partition coefficient (Wildman–Crippen LogP) is 4.79. The highest BCUT2D eigenvalue weighted by Gasteiger charge is 2.14.